The van der Waals surface area contributed by atoms with Gasteiger partial charge < -0.3 is 10.2 Å². The van der Waals surface area contributed by atoms with Crippen molar-refractivity contribution in [3.63, 3.8) is 0 Å². The highest BCUT2D eigenvalue weighted by molar-refractivity contribution is 9.10. The number of thioether (sulfide) groups is 1. The molecule has 2 fully saturated rings. The molecule has 1 aliphatic heterocycles. The minimum atomic E-state index is 0. The molecule has 1 unspecified atom stereocenters. The summed E-state index contributed by atoms with van der Waals surface area (Å²) < 4.78 is 1.01. The highest BCUT2D eigenvalue weighted by Gasteiger charge is 2.30. The predicted octanol–water partition coefficient (Wildman–Crippen LogP) is 4.55. The van der Waals surface area contributed by atoms with Crippen LogP contribution in [0.2, 0.25) is 0 Å². The van der Waals surface area contributed by atoms with Crippen molar-refractivity contribution in [2.45, 2.75) is 44.2 Å². The number of benzene rings is 1. The molecular weight excluding hydrogens is 410 g/mol. The van der Waals surface area contributed by atoms with Crippen LogP contribution in [-0.2, 0) is 4.79 Å². The molecule has 24 heavy (non-hydrogen) atoms. The number of halogens is 2. The zero-order valence-electron chi connectivity index (χ0n) is 13.7. The highest BCUT2D eigenvalue weighted by atomic mass is 79.9. The van der Waals surface area contributed by atoms with Crippen molar-refractivity contribution >= 4 is 56.9 Å². The highest BCUT2D eigenvalue weighted by Crippen LogP contribution is 2.28. The van der Waals surface area contributed by atoms with Gasteiger partial charge in [0, 0.05) is 35.4 Å². The normalized spacial score (nSPS) is 22.7. The van der Waals surface area contributed by atoms with Crippen LogP contribution in [0.15, 0.2) is 33.7 Å². The number of carbonyl (C=O) groups is 1. The number of hydrogen-bond acceptors (Lipinski definition) is 3. The SMILES string of the molecule is CN1/C(=N/C2CCCC2)SCC1CC(=O)Nc1ccc(Br)cc1.Cl. The van der Waals surface area contributed by atoms with E-state index in [4.69, 9.17) is 4.99 Å². The van der Waals surface area contributed by atoms with Crippen molar-refractivity contribution in [3.8, 4) is 0 Å². The minimum absolute atomic E-state index is 0. The van der Waals surface area contributed by atoms with Crippen LogP contribution in [0.1, 0.15) is 32.1 Å². The third-order valence-electron chi connectivity index (χ3n) is 4.42. The number of amides is 1. The number of nitrogens with zero attached hydrogens (tertiary/aromatic N) is 2. The smallest absolute Gasteiger partial charge is 0.226 e. The molecule has 1 aromatic carbocycles. The summed E-state index contributed by atoms with van der Waals surface area (Å²) in [7, 11) is 2.06. The van der Waals surface area contributed by atoms with Gasteiger partial charge in [0.2, 0.25) is 5.91 Å². The number of carbonyl (C=O) groups excluding carboxylic acids is 1. The van der Waals surface area contributed by atoms with Gasteiger partial charge in [0.15, 0.2) is 5.17 Å². The molecule has 1 aliphatic carbocycles. The van der Waals surface area contributed by atoms with Crippen molar-refractivity contribution in [1.29, 1.82) is 0 Å². The molecule has 4 nitrogen and oxygen atoms in total. The third-order valence-corrected chi connectivity index (χ3v) is 6.15. The maximum Gasteiger partial charge on any atom is 0.226 e. The molecule has 1 N–H and O–H groups in total. The molecule has 1 saturated carbocycles. The second-order valence-corrected chi connectivity index (χ2v) is 8.09. The number of anilines is 1. The van der Waals surface area contributed by atoms with Gasteiger partial charge in [-0.1, -0.05) is 40.5 Å². The average Bonchev–Trinajstić information content (AvgIpc) is 3.15. The van der Waals surface area contributed by atoms with E-state index < -0.39 is 0 Å². The van der Waals surface area contributed by atoms with Gasteiger partial charge in [-0.3, -0.25) is 9.79 Å². The van der Waals surface area contributed by atoms with Crippen molar-refractivity contribution in [2.24, 2.45) is 4.99 Å². The van der Waals surface area contributed by atoms with E-state index in [2.05, 4.69) is 33.2 Å². The Balaban J connectivity index is 0.00000208. The van der Waals surface area contributed by atoms with Crippen LogP contribution in [0.4, 0.5) is 5.69 Å². The average molecular weight is 433 g/mol. The van der Waals surface area contributed by atoms with E-state index in [0.29, 0.717) is 12.5 Å². The van der Waals surface area contributed by atoms with Crippen molar-refractivity contribution < 1.29 is 4.79 Å². The van der Waals surface area contributed by atoms with Gasteiger partial charge in [-0.25, -0.2) is 0 Å². The number of nitrogens with one attached hydrogen (secondary N) is 1. The Morgan fingerprint density at radius 3 is 2.67 bits per heavy atom. The lowest BCUT2D eigenvalue weighted by atomic mass is 10.2. The molecule has 3 rings (SSSR count). The summed E-state index contributed by atoms with van der Waals surface area (Å²) in [6.07, 6.45) is 5.53. The summed E-state index contributed by atoms with van der Waals surface area (Å²) in [6.45, 7) is 0. The summed E-state index contributed by atoms with van der Waals surface area (Å²) in [6, 6.07) is 8.40. The lowest BCUT2D eigenvalue weighted by molar-refractivity contribution is -0.116. The number of rotatable bonds is 4. The van der Waals surface area contributed by atoms with Crippen molar-refractivity contribution in [2.75, 3.05) is 18.1 Å². The van der Waals surface area contributed by atoms with Crippen LogP contribution in [0.25, 0.3) is 0 Å². The zero-order valence-corrected chi connectivity index (χ0v) is 16.9. The third kappa shape index (κ3) is 5.14. The molecule has 7 heteroatoms. The van der Waals surface area contributed by atoms with E-state index in [1.54, 1.807) is 11.8 Å². The van der Waals surface area contributed by atoms with Crippen LogP contribution < -0.4 is 5.32 Å². The fraction of sp³-hybridized carbons (Fsp3) is 0.529. The maximum atomic E-state index is 12.3. The monoisotopic (exact) mass is 431 g/mol. The van der Waals surface area contributed by atoms with Gasteiger partial charge in [-0.05, 0) is 37.1 Å². The Labute approximate surface area is 162 Å². The molecule has 0 spiro atoms. The van der Waals surface area contributed by atoms with Crippen LogP contribution in [-0.4, -0.2) is 40.9 Å². The van der Waals surface area contributed by atoms with E-state index in [-0.39, 0.29) is 24.4 Å². The topological polar surface area (TPSA) is 44.7 Å². The van der Waals surface area contributed by atoms with Crippen LogP contribution in [0.5, 0.6) is 0 Å². The van der Waals surface area contributed by atoms with Gasteiger partial charge in [-0.2, -0.15) is 0 Å². The molecular formula is C17H23BrClN3OS. The Hall–Kier alpha value is -0.720. The van der Waals surface area contributed by atoms with E-state index >= 15 is 0 Å². The van der Waals surface area contributed by atoms with E-state index in [9.17, 15) is 4.79 Å². The molecule has 132 valence electrons. The van der Waals surface area contributed by atoms with Gasteiger partial charge in [0.1, 0.15) is 0 Å². The molecule has 0 bridgehead atoms. The summed E-state index contributed by atoms with van der Waals surface area (Å²) in [5, 5.41) is 4.08. The molecule has 0 aromatic heterocycles. The van der Waals surface area contributed by atoms with Crippen molar-refractivity contribution in [3.05, 3.63) is 28.7 Å². The second kappa shape index (κ2) is 9.11. The predicted molar refractivity (Wildman–Crippen MR) is 108 cm³/mol. The van der Waals surface area contributed by atoms with Gasteiger partial charge in [0.05, 0.1) is 6.04 Å². The summed E-state index contributed by atoms with van der Waals surface area (Å²) in [5.41, 5.74) is 0.839. The Kier molecular flexibility index (Phi) is 7.44. The Morgan fingerprint density at radius 2 is 2.00 bits per heavy atom. The lowest BCUT2D eigenvalue weighted by Gasteiger charge is -2.21. The molecule has 1 atom stereocenters. The zero-order chi connectivity index (χ0) is 16.2. The molecule has 1 saturated heterocycles. The summed E-state index contributed by atoms with van der Waals surface area (Å²) >= 11 is 5.18. The summed E-state index contributed by atoms with van der Waals surface area (Å²) in [5.74, 6) is 1.00. The fourth-order valence-electron chi connectivity index (χ4n) is 3.01. The molecule has 1 aromatic rings. The number of aliphatic imine (C=N–C) groups is 1. The Bertz CT molecular complexity index is 590. The largest absolute Gasteiger partial charge is 0.350 e. The van der Waals surface area contributed by atoms with Crippen LogP contribution in [0.3, 0.4) is 0 Å². The second-order valence-electron chi connectivity index (χ2n) is 6.18. The minimum Gasteiger partial charge on any atom is -0.350 e. The maximum absolute atomic E-state index is 12.3. The summed E-state index contributed by atoms with van der Waals surface area (Å²) in [4.78, 5) is 19.3. The fourth-order valence-corrected chi connectivity index (χ4v) is 4.54. The van der Waals surface area contributed by atoms with Gasteiger partial charge >= 0.3 is 0 Å². The van der Waals surface area contributed by atoms with E-state index in [1.807, 2.05) is 24.3 Å². The van der Waals surface area contributed by atoms with E-state index in [0.717, 1.165) is 21.1 Å². The van der Waals surface area contributed by atoms with Gasteiger partial charge in [0.25, 0.3) is 0 Å². The first-order valence-corrected chi connectivity index (χ1v) is 9.88. The first-order chi connectivity index (χ1) is 11.1. The molecule has 0 radical (unpaired) electrons. The van der Waals surface area contributed by atoms with E-state index in [1.165, 1.54) is 25.7 Å². The molecule has 2 aliphatic rings. The number of hydrogen-bond donors (Lipinski definition) is 1. The van der Waals surface area contributed by atoms with Crippen LogP contribution in [0, 0.1) is 0 Å². The quantitative estimate of drug-likeness (QED) is 0.759. The first-order valence-electron chi connectivity index (χ1n) is 8.10. The number of amidine groups is 1. The van der Waals surface area contributed by atoms with Crippen LogP contribution >= 0.6 is 40.1 Å². The van der Waals surface area contributed by atoms with Crippen molar-refractivity contribution in [1.82, 2.24) is 4.90 Å². The standard InChI is InChI=1S/C17H22BrN3OS.ClH/c1-21-15(11-23-17(21)20-13-4-2-3-5-13)10-16(22)19-14-8-6-12(18)7-9-14;/h6-9,13,15H,2-5,10-11H2,1H3,(H,19,22);1H/b20-17-;. The van der Waals surface area contributed by atoms with Gasteiger partial charge in [-0.15, -0.1) is 12.4 Å². The Morgan fingerprint density at radius 1 is 1.33 bits per heavy atom. The molecule has 1 heterocycles. The lowest BCUT2D eigenvalue weighted by Crippen LogP contribution is -2.34. The first kappa shape index (κ1) is 19.6. The molecule has 1 amide bonds.